The lowest BCUT2D eigenvalue weighted by Gasteiger charge is -2.41. The van der Waals surface area contributed by atoms with Gasteiger partial charge in [0.1, 0.15) is 0 Å². The predicted octanol–water partition coefficient (Wildman–Crippen LogP) is 18.2. The van der Waals surface area contributed by atoms with E-state index in [-0.39, 0.29) is 21.7 Å². The Kier molecular flexibility index (Phi) is 9.01. The molecule has 12 rings (SSSR count). The summed E-state index contributed by atoms with van der Waals surface area (Å²) in [6, 6.07) is 59.0. The second-order valence-electron chi connectivity index (χ2n) is 24.0. The van der Waals surface area contributed by atoms with Gasteiger partial charge in [-0.1, -0.05) is 186 Å². The molecule has 0 atom stereocenters. The zero-order chi connectivity index (χ0) is 47.6. The van der Waals surface area contributed by atoms with E-state index in [1.54, 1.807) is 0 Å². The minimum atomic E-state index is -0.631. The third-order valence-corrected chi connectivity index (χ3v) is 16.3. The van der Waals surface area contributed by atoms with Gasteiger partial charge in [-0.3, -0.25) is 0 Å². The van der Waals surface area contributed by atoms with E-state index in [1.807, 2.05) is 0 Å². The van der Waals surface area contributed by atoms with Crippen LogP contribution in [0.1, 0.15) is 128 Å². The van der Waals surface area contributed by atoms with Gasteiger partial charge < -0.3 is 9.13 Å². The quantitative estimate of drug-likeness (QED) is 0.163. The van der Waals surface area contributed by atoms with Gasteiger partial charge in [0.15, 0.2) is 0 Å². The number of halogens is 1. The van der Waals surface area contributed by atoms with E-state index >= 15 is 0 Å². The third kappa shape index (κ3) is 5.93. The summed E-state index contributed by atoms with van der Waals surface area (Å²) in [6.07, 6.45) is 0. The first-order chi connectivity index (χ1) is 32.2. The average molecular weight is 950 g/mol. The number of aromatic nitrogens is 2. The maximum atomic E-state index is 4.65. The number of benzene rings is 8. The van der Waals surface area contributed by atoms with E-state index in [1.165, 1.54) is 116 Å². The number of hydrogen-bond acceptors (Lipinski definition) is 0. The van der Waals surface area contributed by atoms with Crippen LogP contribution in [0.3, 0.4) is 0 Å². The number of rotatable bonds is 2. The first-order valence-electron chi connectivity index (χ1n) is 24.5. The molecule has 0 N–H and O–H groups in total. The first-order valence-corrected chi connectivity index (χ1v) is 25.3. The molecule has 68 heavy (non-hydrogen) atoms. The largest absolute Gasteiger partial charge is 0.307 e. The van der Waals surface area contributed by atoms with Crippen molar-refractivity contribution in [1.29, 1.82) is 0 Å². The maximum absolute atomic E-state index is 4.65. The molecule has 338 valence electrons. The van der Waals surface area contributed by atoms with Gasteiger partial charge in [-0.05, 0) is 147 Å². The molecular weight excluding hydrogens is 889 g/mol. The normalized spacial score (nSPS) is 14.4. The van der Waals surface area contributed by atoms with Gasteiger partial charge in [-0.15, -0.1) is 0 Å². The number of fused-ring (bicyclic) bond motifs is 15. The molecule has 8 aromatic carbocycles. The van der Waals surface area contributed by atoms with Crippen molar-refractivity contribution >= 4 is 59.5 Å². The van der Waals surface area contributed by atoms with E-state index in [4.69, 9.17) is 0 Å². The second-order valence-corrected chi connectivity index (χ2v) is 24.8. The highest BCUT2D eigenvalue weighted by Crippen LogP contribution is 2.63. The Balaban J connectivity index is 1.34. The third-order valence-electron chi connectivity index (χ3n) is 15.6. The van der Waals surface area contributed by atoms with Gasteiger partial charge in [0.2, 0.25) is 0 Å². The van der Waals surface area contributed by atoms with Crippen molar-refractivity contribution in [3.63, 3.8) is 0 Å². The Labute approximate surface area is 410 Å². The van der Waals surface area contributed by atoms with Crippen LogP contribution in [0.5, 0.6) is 0 Å². The summed E-state index contributed by atoms with van der Waals surface area (Å²) in [5, 5.41) is 5.16. The zero-order valence-electron chi connectivity index (χ0n) is 41.7. The smallest absolute Gasteiger partial charge is 0.0755 e. The maximum Gasteiger partial charge on any atom is 0.0755 e. The highest BCUT2D eigenvalue weighted by atomic mass is 79.9. The van der Waals surface area contributed by atoms with Gasteiger partial charge in [0, 0.05) is 27.1 Å². The fraction of sp³-hybridized carbons (Fsp3) is 0.262. The molecule has 1 aliphatic heterocycles. The van der Waals surface area contributed by atoms with E-state index in [0.29, 0.717) is 0 Å². The monoisotopic (exact) mass is 948 g/mol. The Bertz CT molecular complexity index is 3650. The lowest BCUT2D eigenvalue weighted by atomic mass is 9.64. The van der Waals surface area contributed by atoms with Gasteiger partial charge in [-0.2, -0.15) is 0 Å². The number of nitrogens with zero attached hydrogens (tertiary/aromatic N) is 2. The van der Waals surface area contributed by atoms with Crippen LogP contribution in [-0.2, 0) is 27.1 Å². The Morgan fingerprint density at radius 1 is 0.353 bits per heavy atom. The fourth-order valence-corrected chi connectivity index (χ4v) is 12.7. The van der Waals surface area contributed by atoms with Gasteiger partial charge in [0.05, 0.1) is 43.3 Å². The molecule has 3 heteroatoms. The van der Waals surface area contributed by atoms with Crippen LogP contribution in [-0.4, -0.2) is 9.13 Å². The van der Waals surface area contributed by atoms with E-state index in [9.17, 15) is 0 Å². The highest BCUT2D eigenvalue weighted by molar-refractivity contribution is 9.10. The Morgan fingerprint density at radius 3 is 1.26 bits per heavy atom. The molecule has 0 amide bonds. The summed E-state index contributed by atoms with van der Waals surface area (Å²) < 4.78 is 6.31. The molecule has 0 saturated heterocycles. The van der Waals surface area contributed by atoms with Crippen molar-refractivity contribution in [2.24, 2.45) is 0 Å². The van der Waals surface area contributed by atoms with Crippen LogP contribution in [0.25, 0.3) is 77.2 Å². The van der Waals surface area contributed by atoms with Crippen molar-refractivity contribution in [2.75, 3.05) is 0 Å². The molecule has 0 unspecified atom stereocenters. The summed E-state index contributed by atoms with van der Waals surface area (Å²) >= 11 is 4.65. The van der Waals surface area contributed by atoms with E-state index < -0.39 is 5.41 Å². The molecule has 2 aromatic heterocycles. The van der Waals surface area contributed by atoms with Crippen molar-refractivity contribution in [3.05, 3.63) is 201 Å². The number of hydrogen-bond donors (Lipinski definition) is 0. The van der Waals surface area contributed by atoms with Crippen LogP contribution in [0.2, 0.25) is 0 Å². The van der Waals surface area contributed by atoms with E-state index in [2.05, 4.69) is 260 Å². The summed E-state index contributed by atoms with van der Waals surface area (Å²) in [5.74, 6) is 0. The van der Waals surface area contributed by atoms with Crippen molar-refractivity contribution in [1.82, 2.24) is 9.13 Å². The lowest BCUT2D eigenvalue weighted by molar-refractivity contribution is 0.588. The molecule has 2 aliphatic rings. The minimum absolute atomic E-state index is 0.0119. The molecule has 0 saturated carbocycles. The van der Waals surface area contributed by atoms with Gasteiger partial charge in [-0.25, -0.2) is 0 Å². The summed E-state index contributed by atoms with van der Waals surface area (Å²) in [5.41, 5.74) is 22.1. The summed E-state index contributed by atoms with van der Waals surface area (Å²) in [6.45, 7) is 28.1. The predicted molar refractivity (Wildman–Crippen MR) is 294 cm³/mol. The molecule has 0 fully saturated rings. The molecule has 10 aromatic rings. The Hall–Kier alpha value is -6.16. The molecule has 2 nitrogen and oxygen atoms in total. The standard InChI is InChI=1S/C65H61BrN2/c1-61(2,3)39-26-29-54-46(32-39)47-33-40(62(4,5)6)27-30-55(47)67(54)59-45(38-20-14-13-15-21-38)37-53-60(57(59)66)68-56-31-28-41(63(7,8)9)34-48(56)49-35-42(64(10,11)12)36-52(58(49)68)65(53)50-24-18-16-22-43(50)44-23-17-19-25-51(44)65/h13-37H,1-12H3. The van der Waals surface area contributed by atoms with Crippen LogP contribution in [0, 0.1) is 0 Å². The molecule has 0 radical (unpaired) electrons. The van der Waals surface area contributed by atoms with E-state index in [0.717, 1.165) is 10.2 Å². The first kappa shape index (κ1) is 43.1. The molecule has 0 bridgehead atoms. The van der Waals surface area contributed by atoms with Crippen LogP contribution < -0.4 is 0 Å². The van der Waals surface area contributed by atoms with Gasteiger partial charge in [0.25, 0.3) is 0 Å². The fourth-order valence-electron chi connectivity index (χ4n) is 11.9. The minimum Gasteiger partial charge on any atom is -0.307 e. The SMILES string of the molecule is CC(C)(C)c1ccc2c(c1)c1cc(C(C)(C)C)ccc1n2-c1c(-c2ccccc2)cc2c(c1Br)-n1c3ccc(C(C)(C)C)cc3c3cc(C(C)(C)C)cc(c31)C21c2ccccc2-c2ccccc21. The van der Waals surface area contributed by atoms with Crippen molar-refractivity contribution in [3.8, 4) is 33.6 Å². The second kappa shape index (κ2) is 14.2. The van der Waals surface area contributed by atoms with Crippen LogP contribution in [0.15, 0.2) is 156 Å². The highest BCUT2D eigenvalue weighted by Gasteiger charge is 2.52. The molecule has 1 spiro atoms. The molecule has 1 aliphatic carbocycles. The molecular formula is C65H61BrN2. The lowest BCUT2D eigenvalue weighted by Crippen LogP contribution is -2.34. The zero-order valence-corrected chi connectivity index (χ0v) is 43.3. The summed E-state index contributed by atoms with van der Waals surface area (Å²) in [4.78, 5) is 0. The van der Waals surface area contributed by atoms with Gasteiger partial charge >= 0.3 is 0 Å². The summed E-state index contributed by atoms with van der Waals surface area (Å²) in [7, 11) is 0. The topological polar surface area (TPSA) is 9.86 Å². The average Bonchev–Trinajstić information content (AvgIpc) is 3.91. The van der Waals surface area contributed by atoms with Crippen molar-refractivity contribution < 1.29 is 0 Å². The van der Waals surface area contributed by atoms with Crippen LogP contribution in [0.4, 0.5) is 0 Å². The molecule has 3 heterocycles. The Morgan fingerprint density at radius 2 is 0.779 bits per heavy atom. The van der Waals surface area contributed by atoms with Crippen molar-refractivity contribution in [2.45, 2.75) is 110 Å². The van der Waals surface area contributed by atoms with Crippen LogP contribution >= 0.6 is 15.9 Å².